The maximum Gasteiger partial charge on any atom is 0.433 e. The van der Waals surface area contributed by atoms with Crippen LogP contribution in [0.1, 0.15) is 25.0 Å². The summed E-state index contributed by atoms with van der Waals surface area (Å²) in [6.45, 7) is 0.820. The van der Waals surface area contributed by atoms with Gasteiger partial charge in [0.15, 0.2) is 0 Å². The topological polar surface area (TPSA) is 77.3 Å². The lowest BCUT2D eigenvalue weighted by molar-refractivity contribution is -0.384. The van der Waals surface area contributed by atoms with Crippen LogP contribution >= 0.6 is 0 Å². The number of alkyl halides is 3. The van der Waals surface area contributed by atoms with Crippen LogP contribution in [0.4, 0.5) is 24.5 Å². The number of hydrogen-bond donors (Lipinski definition) is 1. The van der Waals surface area contributed by atoms with E-state index in [2.05, 4.69) is 10.3 Å². The van der Waals surface area contributed by atoms with Gasteiger partial charge in [0.1, 0.15) is 17.6 Å². The molecule has 2 rings (SSSR count). The monoisotopic (exact) mass is 305 g/mol. The molecule has 0 aliphatic carbocycles. The summed E-state index contributed by atoms with van der Waals surface area (Å²) in [5.74, 6) is 0. The standard InChI is InChI=1S/C12H14F3N3O3/c13-12(14,15)11-5-9(10(7-17-11)18(19)20)16-6-8-3-1-2-4-21-8/h5,7-8H,1-4,6H2,(H,16,17). The maximum atomic E-state index is 12.6. The zero-order chi connectivity index (χ0) is 15.5. The van der Waals surface area contributed by atoms with Gasteiger partial charge < -0.3 is 10.1 Å². The summed E-state index contributed by atoms with van der Waals surface area (Å²) in [7, 11) is 0. The van der Waals surface area contributed by atoms with E-state index < -0.39 is 22.5 Å². The summed E-state index contributed by atoms with van der Waals surface area (Å²) < 4.78 is 43.3. The SMILES string of the molecule is O=[N+]([O-])c1cnc(C(F)(F)F)cc1NCC1CCCCO1. The number of nitro groups is 1. The fourth-order valence-corrected chi connectivity index (χ4v) is 2.08. The Morgan fingerprint density at radius 1 is 1.48 bits per heavy atom. The molecular weight excluding hydrogens is 291 g/mol. The zero-order valence-corrected chi connectivity index (χ0v) is 11.0. The molecule has 116 valence electrons. The van der Waals surface area contributed by atoms with E-state index in [9.17, 15) is 23.3 Å². The third-order valence-electron chi connectivity index (χ3n) is 3.16. The minimum atomic E-state index is -4.65. The Hall–Kier alpha value is -1.90. The van der Waals surface area contributed by atoms with Gasteiger partial charge in [0, 0.05) is 13.2 Å². The summed E-state index contributed by atoms with van der Waals surface area (Å²) in [5.41, 5.74) is -1.85. The molecule has 0 amide bonds. The summed E-state index contributed by atoms with van der Waals surface area (Å²) in [4.78, 5) is 13.2. The third-order valence-corrected chi connectivity index (χ3v) is 3.16. The van der Waals surface area contributed by atoms with Gasteiger partial charge in [-0.2, -0.15) is 13.2 Å². The van der Waals surface area contributed by atoms with Crippen molar-refractivity contribution in [3.63, 3.8) is 0 Å². The first kappa shape index (κ1) is 15.5. The van der Waals surface area contributed by atoms with Gasteiger partial charge in [-0.3, -0.25) is 10.1 Å². The highest BCUT2D eigenvalue weighted by molar-refractivity contribution is 5.61. The Balaban J connectivity index is 2.16. The molecule has 1 unspecified atom stereocenters. The van der Waals surface area contributed by atoms with Crippen molar-refractivity contribution < 1.29 is 22.8 Å². The largest absolute Gasteiger partial charge is 0.433 e. The molecule has 1 fully saturated rings. The first-order valence-corrected chi connectivity index (χ1v) is 6.45. The van der Waals surface area contributed by atoms with Gasteiger partial charge in [0.05, 0.1) is 11.0 Å². The van der Waals surface area contributed by atoms with Crippen LogP contribution in [0.3, 0.4) is 0 Å². The van der Waals surface area contributed by atoms with Crippen molar-refractivity contribution in [2.24, 2.45) is 0 Å². The van der Waals surface area contributed by atoms with Crippen molar-refractivity contribution in [1.29, 1.82) is 0 Å². The van der Waals surface area contributed by atoms with Gasteiger partial charge in [-0.1, -0.05) is 0 Å². The average molecular weight is 305 g/mol. The minimum absolute atomic E-state index is 0.152. The zero-order valence-electron chi connectivity index (χ0n) is 11.0. The van der Waals surface area contributed by atoms with E-state index in [0.717, 1.165) is 19.3 Å². The van der Waals surface area contributed by atoms with Crippen LogP contribution < -0.4 is 5.32 Å². The number of rotatable bonds is 4. The molecule has 1 aromatic rings. The number of ether oxygens (including phenoxy) is 1. The van der Waals surface area contributed by atoms with Crippen LogP contribution in [0.25, 0.3) is 0 Å². The fraction of sp³-hybridized carbons (Fsp3) is 0.583. The summed E-state index contributed by atoms with van der Waals surface area (Å²) in [6.07, 6.45) is -1.48. The number of halogens is 3. The quantitative estimate of drug-likeness (QED) is 0.683. The summed E-state index contributed by atoms with van der Waals surface area (Å²) in [6, 6.07) is 0.654. The van der Waals surface area contributed by atoms with Crippen molar-refractivity contribution in [2.45, 2.75) is 31.5 Å². The molecule has 0 saturated carbocycles. The first-order valence-electron chi connectivity index (χ1n) is 6.45. The van der Waals surface area contributed by atoms with Gasteiger partial charge in [-0.15, -0.1) is 0 Å². The summed E-state index contributed by atoms with van der Waals surface area (Å²) in [5, 5.41) is 13.5. The number of nitrogens with one attached hydrogen (secondary N) is 1. The number of hydrogen-bond acceptors (Lipinski definition) is 5. The molecule has 0 aromatic carbocycles. The van der Waals surface area contributed by atoms with Crippen LogP contribution in [0.15, 0.2) is 12.3 Å². The van der Waals surface area contributed by atoms with Crippen LogP contribution in [0.2, 0.25) is 0 Å². The predicted molar refractivity (Wildman–Crippen MR) is 68.0 cm³/mol. The molecule has 0 bridgehead atoms. The van der Waals surface area contributed by atoms with Gasteiger partial charge >= 0.3 is 11.9 Å². The smallest absolute Gasteiger partial charge is 0.377 e. The lowest BCUT2D eigenvalue weighted by Gasteiger charge is -2.23. The lowest BCUT2D eigenvalue weighted by Crippen LogP contribution is -2.27. The molecule has 1 saturated heterocycles. The van der Waals surface area contributed by atoms with Crippen molar-refractivity contribution >= 4 is 11.4 Å². The molecule has 0 spiro atoms. The van der Waals surface area contributed by atoms with Crippen molar-refractivity contribution in [2.75, 3.05) is 18.5 Å². The molecule has 1 aromatic heterocycles. The Morgan fingerprint density at radius 2 is 2.24 bits per heavy atom. The van der Waals surface area contributed by atoms with E-state index in [0.29, 0.717) is 18.9 Å². The molecule has 1 atom stereocenters. The van der Waals surface area contributed by atoms with E-state index in [1.54, 1.807) is 0 Å². The molecule has 21 heavy (non-hydrogen) atoms. The molecule has 1 aliphatic rings. The van der Waals surface area contributed by atoms with E-state index >= 15 is 0 Å². The van der Waals surface area contributed by atoms with Crippen molar-refractivity contribution in [3.05, 3.63) is 28.1 Å². The highest BCUT2D eigenvalue weighted by Crippen LogP contribution is 2.33. The van der Waals surface area contributed by atoms with Gasteiger partial charge in [-0.25, -0.2) is 4.98 Å². The molecule has 0 radical (unpaired) electrons. The van der Waals surface area contributed by atoms with Gasteiger partial charge in [-0.05, 0) is 25.3 Å². The molecular formula is C12H14F3N3O3. The first-order chi connectivity index (χ1) is 9.88. The van der Waals surface area contributed by atoms with E-state index in [1.165, 1.54) is 0 Å². The Morgan fingerprint density at radius 3 is 2.81 bits per heavy atom. The van der Waals surface area contributed by atoms with E-state index in [4.69, 9.17) is 4.74 Å². The Bertz CT molecular complexity index is 516. The second-order valence-electron chi connectivity index (χ2n) is 4.71. The molecule has 1 N–H and O–H groups in total. The van der Waals surface area contributed by atoms with Crippen LogP contribution in [-0.2, 0) is 10.9 Å². The Labute approximate surface area is 118 Å². The number of anilines is 1. The average Bonchev–Trinajstić information content (AvgIpc) is 2.45. The highest BCUT2D eigenvalue weighted by atomic mass is 19.4. The second kappa shape index (κ2) is 6.25. The predicted octanol–water partition coefficient (Wildman–Crippen LogP) is 2.99. The highest BCUT2D eigenvalue weighted by Gasteiger charge is 2.34. The fourth-order valence-electron chi connectivity index (χ4n) is 2.08. The second-order valence-corrected chi connectivity index (χ2v) is 4.71. The molecule has 2 heterocycles. The van der Waals surface area contributed by atoms with Gasteiger partial charge in [0.2, 0.25) is 0 Å². The number of nitrogens with zero attached hydrogens (tertiary/aromatic N) is 2. The van der Waals surface area contributed by atoms with Crippen molar-refractivity contribution in [3.8, 4) is 0 Å². The van der Waals surface area contributed by atoms with Crippen LogP contribution in [0, 0.1) is 10.1 Å². The van der Waals surface area contributed by atoms with E-state index in [1.807, 2.05) is 0 Å². The molecule has 9 heteroatoms. The minimum Gasteiger partial charge on any atom is -0.377 e. The van der Waals surface area contributed by atoms with Gasteiger partial charge in [0.25, 0.3) is 0 Å². The normalized spacial score (nSPS) is 19.3. The van der Waals surface area contributed by atoms with Crippen LogP contribution in [-0.4, -0.2) is 29.2 Å². The lowest BCUT2D eigenvalue weighted by atomic mass is 10.1. The van der Waals surface area contributed by atoms with Crippen LogP contribution in [0.5, 0.6) is 0 Å². The number of pyridine rings is 1. The van der Waals surface area contributed by atoms with E-state index in [-0.39, 0.29) is 18.3 Å². The Kier molecular flexibility index (Phi) is 4.61. The number of aromatic nitrogens is 1. The summed E-state index contributed by atoms with van der Waals surface area (Å²) >= 11 is 0. The van der Waals surface area contributed by atoms with Crippen molar-refractivity contribution in [1.82, 2.24) is 4.98 Å². The molecule has 6 nitrogen and oxygen atoms in total. The maximum absolute atomic E-state index is 12.6. The molecule has 1 aliphatic heterocycles. The third kappa shape index (κ3) is 4.03.